The number of hydrogen-bond acceptors (Lipinski definition) is 2. The Morgan fingerprint density at radius 3 is 2.76 bits per heavy atom. The van der Waals surface area contributed by atoms with Crippen molar-refractivity contribution in [3.05, 3.63) is 34.9 Å². The van der Waals surface area contributed by atoms with Crippen molar-refractivity contribution < 1.29 is 9.59 Å². The molecule has 1 aromatic rings. The van der Waals surface area contributed by atoms with E-state index >= 15 is 0 Å². The number of nitrogens with zero attached hydrogens (tertiary/aromatic N) is 1. The number of halogens is 1. The zero-order valence-corrected chi connectivity index (χ0v) is 12.8. The minimum absolute atomic E-state index is 0.0719. The summed E-state index contributed by atoms with van der Waals surface area (Å²) < 4.78 is 0. The summed E-state index contributed by atoms with van der Waals surface area (Å²) >= 11 is 6.14. The Hall–Kier alpha value is -1.35. The van der Waals surface area contributed by atoms with Crippen molar-refractivity contribution in [1.82, 2.24) is 4.90 Å². The summed E-state index contributed by atoms with van der Waals surface area (Å²) in [6.45, 7) is 0.776. The van der Waals surface area contributed by atoms with Crippen molar-refractivity contribution in [3.8, 4) is 0 Å². The van der Waals surface area contributed by atoms with Crippen LogP contribution in [0.15, 0.2) is 24.3 Å². The predicted octanol–water partition coefficient (Wildman–Crippen LogP) is 3.24. The van der Waals surface area contributed by atoms with Crippen LogP contribution in [0, 0.1) is 5.92 Å². The van der Waals surface area contributed by atoms with Crippen LogP contribution in [0.4, 0.5) is 0 Å². The summed E-state index contributed by atoms with van der Waals surface area (Å²) in [5.74, 6) is 0.519. The molecule has 3 rings (SSSR count). The average molecular weight is 306 g/mol. The molecular weight excluding hydrogens is 286 g/mol. The first-order valence-electron chi connectivity index (χ1n) is 7.72. The summed E-state index contributed by atoms with van der Waals surface area (Å²) in [6.07, 6.45) is 4.91. The van der Waals surface area contributed by atoms with Gasteiger partial charge in [0.15, 0.2) is 0 Å². The zero-order valence-electron chi connectivity index (χ0n) is 12.1. The Labute approximate surface area is 130 Å². The number of likely N-dealkylation sites (tertiary alicyclic amines) is 1. The summed E-state index contributed by atoms with van der Waals surface area (Å²) in [5, 5.41) is 0.638. The van der Waals surface area contributed by atoms with Crippen molar-refractivity contribution in [2.75, 3.05) is 6.54 Å². The number of hydrogen-bond donors (Lipinski definition) is 0. The van der Waals surface area contributed by atoms with Crippen molar-refractivity contribution in [3.63, 3.8) is 0 Å². The molecule has 0 bridgehead atoms. The standard InChI is InChI=1S/C17H20ClNO2/c18-14-7-2-1-5-12(14)11-17(21)19-10-4-8-15(19)13-6-3-9-16(13)20/h1-2,5,7,13,15H,3-4,6,8-11H2. The third-order valence-electron chi connectivity index (χ3n) is 4.74. The largest absolute Gasteiger partial charge is 0.339 e. The Balaban J connectivity index is 1.71. The van der Waals surface area contributed by atoms with Gasteiger partial charge in [-0.2, -0.15) is 0 Å². The van der Waals surface area contributed by atoms with Gasteiger partial charge >= 0.3 is 0 Å². The fourth-order valence-electron chi connectivity index (χ4n) is 3.68. The van der Waals surface area contributed by atoms with E-state index in [1.54, 1.807) is 0 Å². The highest BCUT2D eigenvalue weighted by Gasteiger charge is 2.39. The highest BCUT2D eigenvalue weighted by molar-refractivity contribution is 6.31. The monoisotopic (exact) mass is 305 g/mol. The summed E-state index contributed by atoms with van der Waals surface area (Å²) in [4.78, 5) is 26.5. The highest BCUT2D eigenvalue weighted by atomic mass is 35.5. The van der Waals surface area contributed by atoms with E-state index < -0.39 is 0 Å². The van der Waals surface area contributed by atoms with Crippen molar-refractivity contribution in [2.24, 2.45) is 5.92 Å². The van der Waals surface area contributed by atoms with Gasteiger partial charge in [-0.15, -0.1) is 0 Å². The van der Waals surface area contributed by atoms with E-state index in [0.717, 1.165) is 37.8 Å². The molecule has 2 aliphatic rings. The predicted molar refractivity (Wildman–Crippen MR) is 82.2 cm³/mol. The molecular formula is C17H20ClNO2. The van der Waals surface area contributed by atoms with Gasteiger partial charge in [0, 0.05) is 29.9 Å². The van der Waals surface area contributed by atoms with Crippen LogP contribution in [0.3, 0.4) is 0 Å². The third-order valence-corrected chi connectivity index (χ3v) is 5.10. The van der Waals surface area contributed by atoms with Gasteiger partial charge in [-0.25, -0.2) is 0 Å². The van der Waals surface area contributed by atoms with Crippen LogP contribution in [0.25, 0.3) is 0 Å². The third kappa shape index (κ3) is 2.98. The smallest absolute Gasteiger partial charge is 0.227 e. The van der Waals surface area contributed by atoms with E-state index in [0.29, 0.717) is 23.6 Å². The highest BCUT2D eigenvalue weighted by Crippen LogP contribution is 2.33. The SMILES string of the molecule is O=C1CCCC1C1CCCN1C(=O)Cc1ccccc1Cl. The molecule has 3 nitrogen and oxygen atoms in total. The van der Waals surface area contributed by atoms with Crippen LogP contribution in [0.5, 0.6) is 0 Å². The molecule has 1 amide bonds. The molecule has 0 aromatic heterocycles. The Bertz CT molecular complexity index is 557. The van der Waals surface area contributed by atoms with Crippen LogP contribution in [0.1, 0.15) is 37.7 Å². The molecule has 2 fully saturated rings. The molecule has 1 saturated heterocycles. The molecule has 112 valence electrons. The van der Waals surface area contributed by atoms with Gasteiger partial charge < -0.3 is 4.90 Å². The van der Waals surface area contributed by atoms with Crippen LogP contribution in [-0.2, 0) is 16.0 Å². The topological polar surface area (TPSA) is 37.4 Å². The van der Waals surface area contributed by atoms with E-state index in [2.05, 4.69) is 0 Å². The van der Waals surface area contributed by atoms with Gasteiger partial charge in [0.25, 0.3) is 0 Å². The number of carbonyl (C=O) groups excluding carboxylic acids is 2. The molecule has 2 atom stereocenters. The Morgan fingerprint density at radius 1 is 1.24 bits per heavy atom. The number of ketones is 1. The first-order valence-corrected chi connectivity index (χ1v) is 8.10. The van der Waals surface area contributed by atoms with Gasteiger partial charge in [0.2, 0.25) is 5.91 Å². The Kier molecular flexibility index (Phi) is 4.29. The lowest BCUT2D eigenvalue weighted by atomic mass is 9.95. The van der Waals surface area contributed by atoms with Gasteiger partial charge in [-0.05, 0) is 37.3 Å². The molecule has 4 heteroatoms. The fourth-order valence-corrected chi connectivity index (χ4v) is 3.88. The van der Waals surface area contributed by atoms with Crippen LogP contribution in [0.2, 0.25) is 5.02 Å². The number of rotatable bonds is 3. The maximum atomic E-state index is 12.6. The van der Waals surface area contributed by atoms with Gasteiger partial charge in [-0.1, -0.05) is 29.8 Å². The Morgan fingerprint density at radius 2 is 2.05 bits per heavy atom. The lowest BCUT2D eigenvalue weighted by Gasteiger charge is -2.28. The van der Waals surface area contributed by atoms with Crippen molar-refractivity contribution >= 4 is 23.3 Å². The lowest BCUT2D eigenvalue weighted by Crippen LogP contribution is -2.42. The molecule has 21 heavy (non-hydrogen) atoms. The number of carbonyl (C=O) groups is 2. The van der Waals surface area contributed by atoms with E-state index in [9.17, 15) is 9.59 Å². The van der Waals surface area contributed by atoms with E-state index in [1.807, 2.05) is 29.2 Å². The summed E-state index contributed by atoms with van der Waals surface area (Å²) in [7, 11) is 0. The molecule has 0 N–H and O–H groups in total. The number of benzene rings is 1. The first-order chi connectivity index (χ1) is 10.2. The van der Waals surface area contributed by atoms with Crippen LogP contribution in [-0.4, -0.2) is 29.2 Å². The molecule has 1 heterocycles. The molecule has 1 aliphatic carbocycles. The fraction of sp³-hybridized carbons (Fsp3) is 0.529. The molecule has 0 spiro atoms. The van der Waals surface area contributed by atoms with E-state index in [4.69, 9.17) is 11.6 Å². The second-order valence-electron chi connectivity index (χ2n) is 6.03. The number of Topliss-reactive ketones (excluding diaryl/α,β-unsaturated/α-hetero) is 1. The molecule has 1 saturated carbocycles. The van der Waals surface area contributed by atoms with Gasteiger partial charge in [-0.3, -0.25) is 9.59 Å². The van der Waals surface area contributed by atoms with Crippen LogP contribution >= 0.6 is 11.6 Å². The average Bonchev–Trinajstić information content (AvgIpc) is 3.09. The zero-order chi connectivity index (χ0) is 14.8. The van der Waals surface area contributed by atoms with Gasteiger partial charge in [0.1, 0.15) is 5.78 Å². The van der Waals surface area contributed by atoms with Crippen LogP contribution < -0.4 is 0 Å². The summed E-state index contributed by atoms with van der Waals surface area (Å²) in [5.41, 5.74) is 0.868. The quantitative estimate of drug-likeness (QED) is 0.859. The molecule has 1 aromatic carbocycles. The molecule has 2 unspecified atom stereocenters. The van der Waals surface area contributed by atoms with E-state index in [1.165, 1.54) is 0 Å². The van der Waals surface area contributed by atoms with Crippen molar-refractivity contribution in [2.45, 2.75) is 44.6 Å². The number of amides is 1. The first kappa shape index (κ1) is 14.6. The second kappa shape index (κ2) is 6.18. The minimum Gasteiger partial charge on any atom is -0.339 e. The minimum atomic E-state index is 0.0719. The van der Waals surface area contributed by atoms with Gasteiger partial charge in [0.05, 0.1) is 6.42 Å². The van der Waals surface area contributed by atoms with E-state index in [-0.39, 0.29) is 17.9 Å². The lowest BCUT2D eigenvalue weighted by molar-refractivity contribution is -0.133. The maximum Gasteiger partial charge on any atom is 0.227 e. The molecule has 0 radical (unpaired) electrons. The summed E-state index contributed by atoms with van der Waals surface area (Å²) in [6, 6.07) is 7.59. The normalized spacial score (nSPS) is 25.6. The molecule has 1 aliphatic heterocycles. The maximum absolute atomic E-state index is 12.6. The van der Waals surface area contributed by atoms with Crippen molar-refractivity contribution in [1.29, 1.82) is 0 Å². The second-order valence-corrected chi connectivity index (χ2v) is 6.44.